The molecule has 162 valence electrons. The lowest BCUT2D eigenvalue weighted by Gasteiger charge is -2.28. The van der Waals surface area contributed by atoms with E-state index in [2.05, 4.69) is 15.6 Å². The number of phenolic OH excluding ortho intramolecular Hbond substituents is 1. The molecule has 1 aromatic rings. The summed E-state index contributed by atoms with van der Waals surface area (Å²) in [6.45, 7) is 12.3. The number of carbonyl (C=O) groups is 1. The number of rotatable bonds is 5. The number of thioether (sulfide) groups is 1. The first-order valence-electron chi connectivity index (χ1n) is 9.28. The molecular formula is C21H33N3O4S. The average Bonchev–Trinajstić information content (AvgIpc) is 2.60. The second-order valence-electron chi connectivity index (χ2n) is 8.67. The molecule has 0 radical (unpaired) electrons. The highest BCUT2D eigenvalue weighted by molar-refractivity contribution is 8.13. The Labute approximate surface area is 177 Å². The lowest BCUT2D eigenvalue weighted by molar-refractivity contribution is -0.113. The first-order valence-corrected chi connectivity index (χ1v) is 10.5. The summed E-state index contributed by atoms with van der Waals surface area (Å²) < 4.78 is 0. The fraction of sp³-hybridized carbons (Fsp3) is 0.571. The van der Waals surface area contributed by atoms with Crippen molar-refractivity contribution in [2.75, 3.05) is 20.5 Å². The van der Waals surface area contributed by atoms with Crippen molar-refractivity contribution < 1.29 is 19.6 Å². The Kier molecular flexibility index (Phi) is 8.56. The molecule has 8 heteroatoms. The van der Waals surface area contributed by atoms with Crippen molar-refractivity contribution in [2.45, 2.75) is 58.8 Å². The van der Waals surface area contributed by atoms with E-state index >= 15 is 0 Å². The number of hydrogen-bond donors (Lipinski definition) is 2. The quantitative estimate of drug-likeness (QED) is 0.425. The predicted octanol–water partition coefficient (Wildman–Crippen LogP) is 3.93. The molecule has 0 atom stereocenters. The standard InChI is InChI=1S/C21H33N3O4S/c1-20(2,3)14-10-13(11-15(17(14)25)21(4,5)6)12-16(23-27-7)18(26)22-19(29-9)24-28-8/h10-11,25H,12H2,1-9H3,(H,22,24,26)/b23-16+. The van der Waals surface area contributed by atoms with Crippen LogP contribution in [-0.2, 0) is 31.7 Å². The van der Waals surface area contributed by atoms with Gasteiger partial charge in [0.1, 0.15) is 25.7 Å². The summed E-state index contributed by atoms with van der Waals surface area (Å²) >= 11 is 1.24. The molecule has 0 aliphatic heterocycles. The number of amides is 1. The van der Waals surface area contributed by atoms with Crippen LogP contribution >= 0.6 is 11.8 Å². The fourth-order valence-electron chi connectivity index (χ4n) is 2.76. The third-order valence-electron chi connectivity index (χ3n) is 4.21. The molecule has 0 fully saturated rings. The fourth-order valence-corrected chi connectivity index (χ4v) is 3.10. The highest BCUT2D eigenvalue weighted by Crippen LogP contribution is 2.39. The van der Waals surface area contributed by atoms with E-state index in [0.717, 1.165) is 16.7 Å². The normalized spacial score (nSPS) is 13.3. The van der Waals surface area contributed by atoms with Crippen LogP contribution in [0, 0.1) is 0 Å². The maximum Gasteiger partial charge on any atom is 0.275 e. The van der Waals surface area contributed by atoms with Gasteiger partial charge in [0.2, 0.25) is 5.17 Å². The van der Waals surface area contributed by atoms with E-state index in [9.17, 15) is 9.90 Å². The molecule has 1 rings (SSSR count). The minimum absolute atomic E-state index is 0.191. The molecule has 0 saturated heterocycles. The molecule has 0 bridgehead atoms. The number of nitrogens with one attached hydrogen (secondary N) is 1. The zero-order valence-electron chi connectivity index (χ0n) is 18.8. The molecule has 0 spiro atoms. The summed E-state index contributed by atoms with van der Waals surface area (Å²) in [7, 11) is 2.80. The minimum Gasteiger partial charge on any atom is -0.507 e. The molecular weight excluding hydrogens is 390 g/mol. The second-order valence-corrected chi connectivity index (χ2v) is 9.47. The Morgan fingerprint density at radius 1 is 1.03 bits per heavy atom. The molecule has 0 heterocycles. The molecule has 29 heavy (non-hydrogen) atoms. The number of amidine groups is 1. The predicted molar refractivity (Wildman–Crippen MR) is 120 cm³/mol. The van der Waals surface area contributed by atoms with Crippen molar-refractivity contribution in [3.63, 3.8) is 0 Å². The monoisotopic (exact) mass is 423 g/mol. The van der Waals surface area contributed by atoms with Crippen LogP contribution in [0.25, 0.3) is 0 Å². The van der Waals surface area contributed by atoms with Gasteiger partial charge in [0.25, 0.3) is 5.91 Å². The van der Waals surface area contributed by atoms with Crippen LogP contribution in [0.15, 0.2) is 22.4 Å². The van der Waals surface area contributed by atoms with Crippen LogP contribution in [-0.4, -0.2) is 42.4 Å². The Balaban J connectivity index is 3.39. The molecule has 0 aliphatic carbocycles. The first kappa shape index (κ1) is 24.8. The van der Waals surface area contributed by atoms with Crippen molar-refractivity contribution in [3.8, 4) is 5.75 Å². The van der Waals surface area contributed by atoms with E-state index in [0.29, 0.717) is 10.9 Å². The number of hydrogen-bond acceptors (Lipinski definition) is 7. The third-order valence-corrected chi connectivity index (χ3v) is 4.77. The van der Waals surface area contributed by atoms with E-state index in [-0.39, 0.29) is 23.0 Å². The lowest BCUT2D eigenvalue weighted by Crippen LogP contribution is -2.36. The van der Waals surface area contributed by atoms with Crippen molar-refractivity contribution in [3.05, 3.63) is 28.8 Å². The van der Waals surface area contributed by atoms with E-state index < -0.39 is 5.91 Å². The summed E-state index contributed by atoms with van der Waals surface area (Å²) in [4.78, 5) is 22.3. The van der Waals surface area contributed by atoms with Crippen LogP contribution < -0.4 is 5.32 Å². The second kappa shape index (κ2) is 10.0. The smallest absolute Gasteiger partial charge is 0.275 e. The first-order chi connectivity index (χ1) is 13.3. The van der Waals surface area contributed by atoms with Crippen LogP contribution in [0.4, 0.5) is 0 Å². The van der Waals surface area contributed by atoms with Gasteiger partial charge in [-0.05, 0) is 33.8 Å². The number of aromatic hydroxyl groups is 1. The lowest BCUT2D eigenvalue weighted by atomic mass is 9.78. The Morgan fingerprint density at radius 2 is 1.52 bits per heavy atom. The maximum absolute atomic E-state index is 12.7. The number of nitrogens with zero attached hydrogens (tertiary/aromatic N) is 2. The molecule has 0 aromatic heterocycles. The third kappa shape index (κ3) is 6.96. The number of phenols is 1. The van der Waals surface area contributed by atoms with Crippen LogP contribution in [0.3, 0.4) is 0 Å². The zero-order valence-corrected chi connectivity index (χ0v) is 19.7. The summed E-state index contributed by atoms with van der Waals surface area (Å²) in [6.07, 6.45) is 2.01. The summed E-state index contributed by atoms with van der Waals surface area (Å²) in [5.74, 6) is -0.139. The SMILES string of the molecule is CO/N=C(/NC(=O)/C(Cc1cc(C(C)(C)C)c(O)c(C(C)(C)C)c1)=N/OC)SC. The van der Waals surface area contributed by atoms with E-state index in [4.69, 9.17) is 9.68 Å². The molecule has 0 aliphatic rings. The minimum atomic E-state index is -0.431. The van der Waals surface area contributed by atoms with Gasteiger partial charge in [0.15, 0.2) is 0 Å². The van der Waals surface area contributed by atoms with E-state index in [1.54, 1.807) is 6.26 Å². The van der Waals surface area contributed by atoms with Gasteiger partial charge in [-0.25, -0.2) is 0 Å². The Bertz CT molecular complexity index is 755. The molecule has 2 N–H and O–H groups in total. The number of benzene rings is 1. The zero-order chi connectivity index (χ0) is 22.4. The van der Waals surface area contributed by atoms with Crippen molar-refractivity contribution in [1.82, 2.24) is 5.32 Å². The van der Waals surface area contributed by atoms with Gasteiger partial charge in [-0.3, -0.25) is 10.1 Å². The largest absolute Gasteiger partial charge is 0.507 e. The molecule has 1 aromatic carbocycles. The van der Waals surface area contributed by atoms with Gasteiger partial charge in [-0.2, -0.15) is 0 Å². The summed E-state index contributed by atoms with van der Waals surface area (Å²) in [6, 6.07) is 3.84. The van der Waals surface area contributed by atoms with Gasteiger partial charge < -0.3 is 14.8 Å². The summed E-state index contributed by atoms with van der Waals surface area (Å²) in [5, 5.41) is 21.5. The van der Waals surface area contributed by atoms with Gasteiger partial charge in [0.05, 0.1) is 0 Å². The topological polar surface area (TPSA) is 92.5 Å². The van der Waals surface area contributed by atoms with Crippen molar-refractivity contribution in [1.29, 1.82) is 0 Å². The average molecular weight is 424 g/mol. The van der Waals surface area contributed by atoms with Crippen LogP contribution in [0.5, 0.6) is 5.75 Å². The van der Waals surface area contributed by atoms with Gasteiger partial charge in [-0.1, -0.05) is 75.7 Å². The molecule has 0 saturated carbocycles. The molecule has 0 unspecified atom stereocenters. The maximum atomic E-state index is 12.7. The van der Waals surface area contributed by atoms with Crippen molar-refractivity contribution >= 4 is 28.5 Å². The van der Waals surface area contributed by atoms with E-state index in [1.807, 2.05) is 53.7 Å². The number of oxime groups is 2. The van der Waals surface area contributed by atoms with Crippen LogP contribution in [0.2, 0.25) is 0 Å². The molecule has 7 nitrogen and oxygen atoms in total. The molecule has 1 amide bonds. The highest BCUT2D eigenvalue weighted by Gasteiger charge is 2.27. The van der Waals surface area contributed by atoms with Gasteiger partial charge >= 0.3 is 0 Å². The van der Waals surface area contributed by atoms with E-state index in [1.165, 1.54) is 26.0 Å². The van der Waals surface area contributed by atoms with Crippen LogP contribution in [0.1, 0.15) is 58.2 Å². The van der Waals surface area contributed by atoms with Gasteiger partial charge in [0, 0.05) is 6.42 Å². The van der Waals surface area contributed by atoms with Gasteiger partial charge in [-0.15, -0.1) is 0 Å². The summed E-state index contributed by atoms with van der Waals surface area (Å²) in [5.41, 5.74) is 2.16. The Morgan fingerprint density at radius 3 is 1.90 bits per heavy atom. The van der Waals surface area contributed by atoms with Crippen molar-refractivity contribution in [2.24, 2.45) is 10.3 Å². The Hall–Kier alpha value is -2.22. The number of carbonyl (C=O) groups excluding carboxylic acids is 1. The highest BCUT2D eigenvalue weighted by atomic mass is 32.2.